The lowest BCUT2D eigenvalue weighted by Crippen LogP contribution is -2.40. The highest BCUT2D eigenvalue weighted by Gasteiger charge is 2.32. The molecule has 0 aromatic carbocycles. The first-order chi connectivity index (χ1) is 9.84. The fourth-order valence-corrected chi connectivity index (χ4v) is 4.50. The fraction of sp³-hybridized carbons (Fsp3) is 0.714. The van der Waals surface area contributed by atoms with E-state index in [4.69, 9.17) is 9.52 Å². The average molecular weight is 316 g/mol. The lowest BCUT2D eigenvalue weighted by Gasteiger charge is -2.32. The van der Waals surface area contributed by atoms with Gasteiger partial charge in [0.25, 0.3) is 0 Å². The quantitative estimate of drug-likeness (QED) is 0.879. The Balaban J connectivity index is 2.09. The Kier molecular flexibility index (Phi) is 5.08. The van der Waals surface area contributed by atoms with Crippen LogP contribution in [0.25, 0.3) is 0 Å². The molecule has 6 nitrogen and oxygen atoms in total. The Labute approximate surface area is 126 Å². The van der Waals surface area contributed by atoms with Crippen LogP contribution >= 0.6 is 0 Å². The van der Waals surface area contributed by atoms with Crippen molar-refractivity contribution in [3.8, 4) is 0 Å². The topological polar surface area (TPSA) is 74.0 Å². The molecule has 1 aromatic rings. The number of rotatable bonds is 5. The van der Waals surface area contributed by atoms with Crippen molar-refractivity contribution < 1.29 is 17.9 Å². The van der Waals surface area contributed by atoms with Crippen LogP contribution in [0.3, 0.4) is 0 Å². The zero-order valence-electron chi connectivity index (χ0n) is 12.9. The van der Waals surface area contributed by atoms with E-state index >= 15 is 0 Å². The molecular weight excluding hydrogens is 292 g/mol. The number of aliphatic hydroxyl groups is 1. The van der Waals surface area contributed by atoms with Gasteiger partial charge < -0.3 is 14.4 Å². The predicted octanol–water partition coefficient (Wildman–Crippen LogP) is 1.04. The van der Waals surface area contributed by atoms with Crippen LogP contribution in [0.2, 0.25) is 0 Å². The molecule has 2 rings (SSSR count). The molecule has 120 valence electrons. The standard InChI is InChI=1S/C14H24N2O4S/c1-11-14(8-13(10-17)20-11)21(18,19)16-6-4-12(5-7-16)9-15(2)3/h8,12,17H,4-7,9-10H2,1-3H3. The van der Waals surface area contributed by atoms with Gasteiger partial charge in [-0.3, -0.25) is 0 Å². The summed E-state index contributed by atoms with van der Waals surface area (Å²) in [4.78, 5) is 2.32. The summed E-state index contributed by atoms with van der Waals surface area (Å²) in [6.07, 6.45) is 1.75. The van der Waals surface area contributed by atoms with E-state index in [1.165, 1.54) is 10.4 Å². The average Bonchev–Trinajstić information content (AvgIpc) is 2.81. The van der Waals surface area contributed by atoms with Crippen molar-refractivity contribution in [1.82, 2.24) is 9.21 Å². The third-order valence-electron chi connectivity index (χ3n) is 3.89. The molecule has 1 aliphatic rings. The van der Waals surface area contributed by atoms with Crippen molar-refractivity contribution in [3.05, 3.63) is 17.6 Å². The third-order valence-corrected chi connectivity index (χ3v) is 5.90. The summed E-state index contributed by atoms with van der Waals surface area (Å²) in [6.45, 7) is 3.40. The van der Waals surface area contributed by atoms with Crippen molar-refractivity contribution in [2.45, 2.75) is 31.3 Å². The van der Waals surface area contributed by atoms with Crippen molar-refractivity contribution in [2.75, 3.05) is 33.7 Å². The Hall–Kier alpha value is -0.890. The molecule has 0 unspecified atom stereocenters. The van der Waals surface area contributed by atoms with E-state index in [9.17, 15) is 8.42 Å². The molecule has 7 heteroatoms. The predicted molar refractivity (Wildman–Crippen MR) is 79.4 cm³/mol. The maximum Gasteiger partial charge on any atom is 0.246 e. The first kappa shape index (κ1) is 16.5. The van der Waals surface area contributed by atoms with Gasteiger partial charge in [0.1, 0.15) is 23.0 Å². The molecule has 0 radical (unpaired) electrons. The minimum atomic E-state index is -3.52. The van der Waals surface area contributed by atoms with Gasteiger partial charge in [0.15, 0.2) is 0 Å². The van der Waals surface area contributed by atoms with Gasteiger partial charge in [-0.15, -0.1) is 0 Å². The maximum atomic E-state index is 12.6. The Bertz CT molecular complexity index is 572. The van der Waals surface area contributed by atoms with E-state index in [1.54, 1.807) is 6.92 Å². The van der Waals surface area contributed by atoms with Crippen molar-refractivity contribution in [3.63, 3.8) is 0 Å². The SMILES string of the molecule is Cc1oc(CO)cc1S(=O)(=O)N1CCC(CN(C)C)CC1. The van der Waals surface area contributed by atoms with Crippen LogP contribution in [-0.4, -0.2) is 56.5 Å². The molecule has 0 amide bonds. The van der Waals surface area contributed by atoms with Gasteiger partial charge in [0, 0.05) is 25.7 Å². The van der Waals surface area contributed by atoms with E-state index in [-0.39, 0.29) is 17.3 Å². The van der Waals surface area contributed by atoms with Crippen molar-refractivity contribution >= 4 is 10.0 Å². The second-order valence-corrected chi connectivity index (χ2v) is 7.81. The zero-order chi connectivity index (χ0) is 15.6. The summed E-state index contributed by atoms with van der Waals surface area (Å²) in [5.74, 6) is 1.17. The van der Waals surface area contributed by atoms with Gasteiger partial charge >= 0.3 is 0 Å². The highest BCUT2D eigenvalue weighted by molar-refractivity contribution is 7.89. The van der Waals surface area contributed by atoms with Crippen LogP contribution in [0.15, 0.2) is 15.4 Å². The van der Waals surface area contributed by atoms with Crippen LogP contribution in [0.5, 0.6) is 0 Å². The molecule has 0 atom stereocenters. The summed E-state index contributed by atoms with van der Waals surface area (Å²) in [5.41, 5.74) is 0. The van der Waals surface area contributed by atoms with Crippen LogP contribution in [0.4, 0.5) is 0 Å². The summed E-state index contributed by atoms with van der Waals surface area (Å²) in [7, 11) is 0.553. The second-order valence-electron chi connectivity index (χ2n) is 5.90. The Morgan fingerprint density at radius 2 is 2.00 bits per heavy atom. The molecule has 1 saturated heterocycles. The Morgan fingerprint density at radius 1 is 1.38 bits per heavy atom. The lowest BCUT2D eigenvalue weighted by atomic mass is 9.98. The molecule has 1 aliphatic heterocycles. The monoisotopic (exact) mass is 316 g/mol. The number of hydrogen-bond donors (Lipinski definition) is 1. The van der Waals surface area contributed by atoms with E-state index in [2.05, 4.69) is 4.90 Å². The molecule has 0 spiro atoms. The Morgan fingerprint density at radius 3 is 2.48 bits per heavy atom. The zero-order valence-corrected chi connectivity index (χ0v) is 13.7. The first-order valence-electron chi connectivity index (χ1n) is 7.19. The molecule has 1 aromatic heterocycles. The van der Waals surface area contributed by atoms with E-state index in [0.29, 0.717) is 24.8 Å². The second kappa shape index (κ2) is 6.48. The number of aliphatic hydroxyl groups excluding tert-OH is 1. The van der Waals surface area contributed by atoms with Crippen LogP contribution in [0.1, 0.15) is 24.4 Å². The summed E-state index contributed by atoms with van der Waals surface area (Å²) >= 11 is 0. The molecule has 0 saturated carbocycles. The number of sulfonamides is 1. The van der Waals surface area contributed by atoms with E-state index in [0.717, 1.165) is 19.4 Å². The van der Waals surface area contributed by atoms with Crippen molar-refractivity contribution in [2.24, 2.45) is 5.92 Å². The number of hydrogen-bond acceptors (Lipinski definition) is 5. The number of aryl methyl sites for hydroxylation is 1. The fourth-order valence-electron chi connectivity index (χ4n) is 2.85. The lowest BCUT2D eigenvalue weighted by molar-refractivity contribution is 0.225. The van der Waals surface area contributed by atoms with Crippen LogP contribution in [0, 0.1) is 12.8 Å². The van der Waals surface area contributed by atoms with Gasteiger partial charge in [0.2, 0.25) is 10.0 Å². The van der Waals surface area contributed by atoms with Crippen molar-refractivity contribution in [1.29, 1.82) is 0 Å². The maximum absolute atomic E-state index is 12.6. The summed E-state index contributed by atoms with van der Waals surface area (Å²) in [6, 6.07) is 1.43. The summed E-state index contributed by atoms with van der Waals surface area (Å²) < 4.78 is 32.1. The molecule has 21 heavy (non-hydrogen) atoms. The normalized spacial score (nSPS) is 18.5. The third kappa shape index (κ3) is 3.66. The summed E-state index contributed by atoms with van der Waals surface area (Å²) in [5, 5.41) is 9.06. The molecule has 0 bridgehead atoms. The number of piperidine rings is 1. The number of nitrogens with zero attached hydrogens (tertiary/aromatic N) is 2. The van der Waals surface area contributed by atoms with Gasteiger partial charge in [0.05, 0.1) is 0 Å². The van der Waals surface area contributed by atoms with Crippen LogP contribution in [-0.2, 0) is 16.6 Å². The minimum absolute atomic E-state index is 0.178. The molecule has 2 heterocycles. The highest BCUT2D eigenvalue weighted by Crippen LogP contribution is 2.27. The molecular formula is C14H24N2O4S. The highest BCUT2D eigenvalue weighted by atomic mass is 32.2. The van der Waals surface area contributed by atoms with Gasteiger partial charge in [-0.25, -0.2) is 8.42 Å². The molecule has 0 aliphatic carbocycles. The first-order valence-corrected chi connectivity index (χ1v) is 8.63. The van der Waals surface area contributed by atoms with Gasteiger partial charge in [-0.1, -0.05) is 0 Å². The minimum Gasteiger partial charge on any atom is -0.462 e. The van der Waals surface area contributed by atoms with E-state index < -0.39 is 10.0 Å². The molecule has 1 fully saturated rings. The van der Waals surface area contributed by atoms with Gasteiger partial charge in [-0.2, -0.15) is 4.31 Å². The molecule has 1 N–H and O–H groups in total. The smallest absolute Gasteiger partial charge is 0.246 e. The van der Waals surface area contributed by atoms with Crippen LogP contribution < -0.4 is 0 Å². The number of furan rings is 1. The van der Waals surface area contributed by atoms with E-state index in [1.807, 2.05) is 14.1 Å². The van der Waals surface area contributed by atoms with Gasteiger partial charge in [-0.05, 0) is 39.8 Å². The largest absolute Gasteiger partial charge is 0.462 e.